The molecule has 1 N–H and O–H groups in total. The van der Waals surface area contributed by atoms with Gasteiger partial charge in [0.2, 0.25) is 0 Å². The van der Waals surface area contributed by atoms with Crippen LogP contribution in [-0.2, 0) is 9.53 Å². The van der Waals surface area contributed by atoms with Crippen LogP contribution in [0.25, 0.3) is 6.08 Å². The summed E-state index contributed by atoms with van der Waals surface area (Å²) in [5.74, 6) is -1.30. The molecule has 5 heteroatoms. The number of thiophene rings is 1. The molecule has 0 saturated carbocycles. The van der Waals surface area contributed by atoms with Crippen molar-refractivity contribution in [3.63, 3.8) is 0 Å². The Hall–Kier alpha value is -1.62. The van der Waals surface area contributed by atoms with Gasteiger partial charge in [-0.1, -0.05) is 12.2 Å². The van der Waals surface area contributed by atoms with Gasteiger partial charge in [0.05, 0.1) is 13.5 Å². The standard InChI is InChI=1S/C10H10O4S/c1-14-8(11)4-2-3-7-5-6-15-9(7)10(12)13/h2-3,5-6H,4H2,1H3,(H,12,13). The summed E-state index contributed by atoms with van der Waals surface area (Å²) in [6, 6.07) is 1.70. The third kappa shape index (κ3) is 3.21. The van der Waals surface area contributed by atoms with Gasteiger partial charge < -0.3 is 9.84 Å². The van der Waals surface area contributed by atoms with E-state index in [-0.39, 0.29) is 17.3 Å². The second-order valence-electron chi connectivity index (χ2n) is 2.69. The van der Waals surface area contributed by atoms with Gasteiger partial charge in [0.25, 0.3) is 0 Å². The molecule has 4 nitrogen and oxygen atoms in total. The first-order valence-electron chi connectivity index (χ1n) is 4.19. The number of esters is 1. The number of carbonyl (C=O) groups excluding carboxylic acids is 1. The highest BCUT2D eigenvalue weighted by atomic mass is 32.1. The molecule has 0 unspecified atom stereocenters. The van der Waals surface area contributed by atoms with Crippen molar-refractivity contribution in [3.05, 3.63) is 28.0 Å². The van der Waals surface area contributed by atoms with E-state index in [1.165, 1.54) is 7.11 Å². The molecular formula is C10H10O4S. The van der Waals surface area contributed by atoms with E-state index < -0.39 is 5.97 Å². The fourth-order valence-corrected chi connectivity index (χ4v) is 1.71. The van der Waals surface area contributed by atoms with E-state index in [0.717, 1.165) is 11.3 Å². The van der Waals surface area contributed by atoms with Crippen molar-refractivity contribution in [1.82, 2.24) is 0 Å². The molecule has 0 spiro atoms. The summed E-state index contributed by atoms with van der Waals surface area (Å²) in [7, 11) is 1.31. The summed E-state index contributed by atoms with van der Waals surface area (Å²) in [6.45, 7) is 0. The summed E-state index contributed by atoms with van der Waals surface area (Å²) >= 11 is 1.16. The van der Waals surface area contributed by atoms with Gasteiger partial charge in [-0.15, -0.1) is 11.3 Å². The molecule has 1 aromatic heterocycles. The monoisotopic (exact) mass is 226 g/mol. The Kier molecular flexibility index (Phi) is 4.05. The van der Waals surface area contributed by atoms with Crippen LogP contribution < -0.4 is 0 Å². The first-order chi connectivity index (χ1) is 7.15. The molecule has 15 heavy (non-hydrogen) atoms. The molecule has 0 radical (unpaired) electrons. The van der Waals surface area contributed by atoms with E-state index in [0.29, 0.717) is 5.56 Å². The van der Waals surface area contributed by atoms with Crippen molar-refractivity contribution < 1.29 is 19.4 Å². The summed E-state index contributed by atoms with van der Waals surface area (Å²) < 4.78 is 4.44. The van der Waals surface area contributed by atoms with Gasteiger partial charge >= 0.3 is 11.9 Å². The number of carbonyl (C=O) groups is 2. The number of rotatable bonds is 4. The van der Waals surface area contributed by atoms with Crippen LogP contribution in [0.5, 0.6) is 0 Å². The molecule has 0 aliphatic rings. The lowest BCUT2D eigenvalue weighted by Gasteiger charge is -1.93. The van der Waals surface area contributed by atoms with Gasteiger partial charge in [-0.3, -0.25) is 4.79 Å². The highest BCUT2D eigenvalue weighted by Crippen LogP contribution is 2.18. The lowest BCUT2D eigenvalue weighted by Crippen LogP contribution is -1.97. The van der Waals surface area contributed by atoms with E-state index in [9.17, 15) is 9.59 Å². The number of hydrogen-bond donors (Lipinski definition) is 1. The molecule has 0 bridgehead atoms. The molecule has 0 aromatic carbocycles. The van der Waals surface area contributed by atoms with Crippen LogP contribution in [-0.4, -0.2) is 24.2 Å². The molecule has 1 rings (SSSR count). The molecule has 1 aromatic rings. The zero-order valence-corrected chi connectivity index (χ0v) is 8.91. The Labute approximate surface area is 90.8 Å². The molecule has 0 amide bonds. The third-order valence-corrected chi connectivity index (χ3v) is 2.62. The van der Waals surface area contributed by atoms with Crippen molar-refractivity contribution in [2.24, 2.45) is 0 Å². The Morgan fingerprint density at radius 1 is 1.60 bits per heavy atom. The summed E-state index contributed by atoms with van der Waals surface area (Å²) in [4.78, 5) is 21.8. The Morgan fingerprint density at radius 2 is 2.33 bits per heavy atom. The lowest BCUT2D eigenvalue weighted by atomic mass is 10.2. The van der Waals surface area contributed by atoms with Gasteiger partial charge in [-0.05, 0) is 17.0 Å². The van der Waals surface area contributed by atoms with Crippen molar-refractivity contribution in [3.8, 4) is 0 Å². The summed E-state index contributed by atoms with van der Waals surface area (Å²) in [5.41, 5.74) is 0.608. The van der Waals surface area contributed by atoms with Crippen LogP contribution in [0.3, 0.4) is 0 Å². The van der Waals surface area contributed by atoms with Crippen LogP contribution >= 0.6 is 11.3 Å². The molecular weight excluding hydrogens is 216 g/mol. The van der Waals surface area contributed by atoms with E-state index in [1.54, 1.807) is 23.6 Å². The van der Waals surface area contributed by atoms with Gasteiger partial charge in [0, 0.05) is 0 Å². The number of carboxylic acids is 1. The average molecular weight is 226 g/mol. The van der Waals surface area contributed by atoms with Crippen molar-refractivity contribution >= 4 is 29.4 Å². The number of carboxylic acid groups (broad SMARTS) is 1. The molecule has 0 fully saturated rings. The zero-order valence-electron chi connectivity index (χ0n) is 8.10. The summed E-state index contributed by atoms with van der Waals surface area (Å²) in [6.07, 6.45) is 3.34. The normalized spacial score (nSPS) is 10.5. The first-order valence-corrected chi connectivity index (χ1v) is 5.07. The average Bonchev–Trinajstić information content (AvgIpc) is 2.65. The number of ether oxygens (including phenoxy) is 1. The van der Waals surface area contributed by atoms with Gasteiger partial charge in [-0.25, -0.2) is 4.79 Å². The predicted octanol–water partition coefficient (Wildman–Crippen LogP) is 2.02. The number of methoxy groups -OCH3 is 1. The molecule has 80 valence electrons. The highest BCUT2D eigenvalue weighted by molar-refractivity contribution is 7.12. The first kappa shape index (κ1) is 11.5. The topological polar surface area (TPSA) is 63.6 Å². The van der Waals surface area contributed by atoms with Crippen molar-refractivity contribution in [2.75, 3.05) is 7.11 Å². The van der Waals surface area contributed by atoms with Crippen LogP contribution in [0.15, 0.2) is 17.5 Å². The zero-order chi connectivity index (χ0) is 11.3. The fourth-order valence-electron chi connectivity index (χ4n) is 0.990. The van der Waals surface area contributed by atoms with E-state index in [4.69, 9.17) is 5.11 Å². The third-order valence-electron chi connectivity index (χ3n) is 1.70. The SMILES string of the molecule is COC(=O)CC=Cc1ccsc1C(=O)O. The minimum atomic E-state index is -0.956. The number of hydrogen-bond acceptors (Lipinski definition) is 4. The Bertz CT molecular complexity index is 392. The van der Waals surface area contributed by atoms with Crippen LogP contribution in [0.4, 0.5) is 0 Å². The molecule has 0 aliphatic heterocycles. The number of aromatic carboxylic acids is 1. The highest BCUT2D eigenvalue weighted by Gasteiger charge is 2.08. The maximum Gasteiger partial charge on any atom is 0.346 e. The predicted molar refractivity (Wildman–Crippen MR) is 56.9 cm³/mol. The van der Waals surface area contributed by atoms with Gasteiger partial charge in [0.15, 0.2) is 0 Å². The fraction of sp³-hybridized carbons (Fsp3) is 0.200. The van der Waals surface area contributed by atoms with Crippen LogP contribution in [0.1, 0.15) is 21.7 Å². The minimum Gasteiger partial charge on any atom is -0.477 e. The lowest BCUT2D eigenvalue weighted by molar-refractivity contribution is -0.139. The second-order valence-corrected chi connectivity index (χ2v) is 3.61. The van der Waals surface area contributed by atoms with Crippen LogP contribution in [0, 0.1) is 0 Å². The second kappa shape index (κ2) is 5.31. The molecule has 1 heterocycles. The Balaban J connectivity index is 2.68. The largest absolute Gasteiger partial charge is 0.477 e. The van der Waals surface area contributed by atoms with E-state index in [2.05, 4.69) is 4.74 Å². The maximum atomic E-state index is 10.8. The van der Waals surface area contributed by atoms with Gasteiger partial charge in [-0.2, -0.15) is 0 Å². The molecule has 0 aliphatic carbocycles. The summed E-state index contributed by atoms with van der Waals surface area (Å²) in [5, 5.41) is 10.5. The van der Waals surface area contributed by atoms with Crippen molar-refractivity contribution in [1.29, 1.82) is 0 Å². The minimum absolute atomic E-state index is 0.144. The van der Waals surface area contributed by atoms with Gasteiger partial charge in [0.1, 0.15) is 4.88 Å². The van der Waals surface area contributed by atoms with Crippen LogP contribution in [0.2, 0.25) is 0 Å². The Morgan fingerprint density at radius 3 is 2.93 bits per heavy atom. The quantitative estimate of drug-likeness (QED) is 0.798. The van der Waals surface area contributed by atoms with E-state index >= 15 is 0 Å². The van der Waals surface area contributed by atoms with Crippen molar-refractivity contribution in [2.45, 2.75) is 6.42 Å². The molecule has 0 saturated heterocycles. The van der Waals surface area contributed by atoms with E-state index in [1.807, 2.05) is 0 Å². The molecule has 0 atom stereocenters. The smallest absolute Gasteiger partial charge is 0.346 e. The maximum absolute atomic E-state index is 10.8.